The second kappa shape index (κ2) is 10.3. The van der Waals surface area contributed by atoms with Crippen molar-refractivity contribution >= 4 is 63.0 Å². The Morgan fingerprint density at radius 2 is 1.74 bits per heavy atom. The molecule has 0 saturated carbocycles. The van der Waals surface area contributed by atoms with Gasteiger partial charge in [-0.3, -0.25) is 23.7 Å². The first-order valence-corrected chi connectivity index (χ1v) is 14.9. The van der Waals surface area contributed by atoms with Crippen LogP contribution in [0.5, 0.6) is 5.75 Å². The molecule has 1 saturated heterocycles. The summed E-state index contributed by atoms with van der Waals surface area (Å²) < 4.78 is 12.4. The SMILES string of the molecule is COc1ccc(N2C(=O)C3Sc4c(sc(=O)n4CC(=O)Nc4cccc5ccccc45)[C@H](c4ccco4)C3C2=O)cc1. The van der Waals surface area contributed by atoms with E-state index in [1.807, 2.05) is 42.5 Å². The Morgan fingerprint density at radius 3 is 2.50 bits per heavy atom. The van der Waals surface area contributed by atoms with E-state index in [9.17, 15) is 19.2 Å². The van der Waals surface area contributed by atoms with Crippen LogP contribution in [-0.4, -0.2) is 34.6 Å². The Hall–Kier alpha value is -4.61. The number of amides is 3. The van der Waals surface area contributed by atoms with Crippen LogP contribution in [0.4, 0.5) is 11.4 Å². The van der Waals surface area contributed by atoms with E-state index in [1.54, 1.807) is 43.5 Å². The number of hydrogen-bond acceptors (Lipinski definition) is 8. The van der Waals surface area contributed by atoms with Crippen LogP contribution in [0.15, 0.2) is 99.4 Å². The van der Waals surface area contributed by atoms with Crippen molar-refractivity contribution in [1.29, 1.82) is 0 Å². The number of imide groups is 1. The molecule has 0 bridgehead atoms. The third-order valence-electron chi connectivity index (χ3n) is 7.60. The molecular formula is C31H23N3O6S2. The van der Waals surface area contributed by atoms with Gasteiger partial charge >= 0.3 is 4.87 Å². The summed E-state index contributed by atoms with van der Waals surface area (Å²) >= 11 is 2.14. The number of carbonyl (C=O) groups excluding carboxylic acids is 3. The first-order valence-electron chi connectivity index (χ1n) is 13.2. The average molecular weight is 598 g/mol. The van der Waals surface area contributed by atoms with E-state index < -0.39 is 17.1 Å². The molecule has 3 aromatic carbocycles. The minimum atomic E-state index is -0.802. The molecule has 3 atom stereocenters. The summed E-state index contributed by atoms with van der Waals surface area (Å²) in [5.74, 6) is -1.46. The predicted octanol–water partition coefficient (Wildman–Crippen LogP) is 5.10. The van der Waals surface area contributed by atoms with Crippen LogP contribution in [0.25, 0.3) is 10.8 Å². The molecule has 2 unspecified atom stereocenters. The first kappa shape index (κ1) is 26.3. The molecule has 3 amide bonds. The van der Waals surface area contributed by atoms with E-state index in [1.165, 1.54) is 15.7 Å². The average Bonchev–Trinajstić information content (AvgIpc) is 3.70. The fraction of sp³-hybridized carbons (Fsp3) is 0.161. The van der Waals surface area contributed by atoms with Gasteiger partial charge in [0.2, 0.25) is 17.7 Å². The number of anilines is 2. The number of fused-ring (bicyclic) bond motifs is 3. The van der Waals surface area contributed by atoms with E-state index in [0.717, 1.165) is 33.9 Å². The number of nitrogens with one attached hydrogen (secondary N) is 1. The van der Waals surface area contributed by atoms with Crippen molar-refractivity contribution in [3.63, 3.8) is 0 Å². The summed E-state index contributed by atoms with van der Waals surface area (Å²) in [6.07, 6.45) is 1.51. The van der Waals surface area contributed by atoms with Gasteiger partial charge in [0, 0.05) is 11.1 Å². The zero-order valence-electron chi connectivity index (χ0n) is 22.2. The third kappa shape index (κ3) is 4.24. The van der Waals surface area contributed by atoms with Crippen molar-refractivity contribution in [1.82, 2.24) is 4.57 Å². The lowest BCUT2D eigenvalue weighted by molar-refractivity contribution is -0.122. The second-order valence-corrected chi connectivity index (χ2v) is 12.1. The first-order chi connectivity index (χ1) is 20.4. The quantitative estimate of drug-likeness (QED) is 0.271. The van der Waals surface area contributed by atoms with Gasteiger partial charge in [-0.25, -0.2) is 4.90 Å². The summed E-state index contributed by atoms with van der Waals surface area (Å²) in [6, 6.07) is 23.5. The molecule has 2 aromatic heterocycles. The maximum Gasteiger partial charge on any atom is 0.308 e. The largest absolute Gasteiger partial charge is 0.497 e. The van der Waals surface area contributed by atoms with Gasteiger partial charge in [-0.15, -0.1) is 0 Å². The Bertz CT molecular complexity index is 1910. The molecule has 42 heavy (non-hydrogen) atoms. The van der Waals surface area contributed by atoms with Gasteiger partial charge in [-0.2, -0.15) is 0 Å². The number of methoxy groups -OCH3 is 1. The van der Waals surface area contributed by atoms with Crippen molar-refractivity contribution in [3.8, 4) is 5.75 Å². The van der Waals surface area contributed by atoms with Gasteiger partial charge in [0.25, 0.3) is 0 Å². The van der Waals surface area contributed by atoms with Gasteiger partial charge in [-0.1, -0.05) is 59.5 Å². The molecule has 1 fully saturated rings. The van der Waals surface area contributed by atoms with Crippen molar-refractivity contribution in [3.05, 3.63) is 105 Å². The summed E-state index contributed by atoms with van der Waals surface area (Å²) in [5, 5.41) is 4.50. The van der Waals surface area contributed by atoms with E-state index >= 15 is 0 Å². The number of rotatable bonds is 6. The molecule has 2 aliphatic heterocycles. The predicted molar refractivity (Wildman–Crippen MR) is 160 cm³/mol. The lowest BCUT2D eigenvalue weighted by atomic mass is 9.87. The number of furan rings is 1. The molecule has 210 valence electrons. The maximum absolute atomic E-state index is 13.9. The number of benzene rings is 3. The van der Waals surface area contributed by atoms with Crippen LogP contribution in [0.3, 0.4) is 0 Å². The highest BCUT2D eigenvalue weighted by atomic mass is 32.2. The van der Waals surface area contributed by atoms with Crippen molar-refractivity contribution in [2.75, 3.05) is 17.3 Å². The van der Waals surface area contributed by atoms with Crippen LogP contribution >= 0.6 is 23.1 Å². The van der Waals surface area contributed by atoms with E-state index in [2.05, 4.69) is 5.32 Å². The third-order valence-corrected chi connectivity index (χ3v) is 10.2. The number of carbonyl (C=O) groups is 3. The molecule has 4 heterocycles. The highest BCUT2D eigenvalue weighted by Crippen LogP contribution is 2.54. The van der Waals surface area contributed by atoms with Crippen LogP contribution in [-0.2, 0) is 20.9 Å². The number of nitrogens with zero attached hydrogens (tertiary/aromatic N) is 2. The molecule has 11 heteroatoms. The van der Waals surface area contributed by atoms with Gasteiger partial charge < -0.3 is 14.5 Å². The molecular weight excluding hydrogens is 574 g/mol. The minimum Gasteiger partial charge on any atom is -0.497 e. The van der Waals surface area contributed by atoms with Crippen molar-refractivity contribution < 1.29 is 23.5 Å². The smallest absolute Gasteiger partial charge is 0.308 e. The van der Waals surface area contributed by atoms with Gasteiger partial charge in [0.15, 0.2) is 0 Å². The summed E-state index contributed by atoms with van der Waals surface area (Å²) in [7, 11) is 1.54. The topological polar surface area (TPSA) is 111 Å². The molecule has 0 spiro atoms. The zero-order valence-corrected chi connectivity index (χ0v) is 23.8. The molecule has 5 aromatic rings. The summed E-state index contributed by atoms with van der Waals surface area (Å²) in [6.45, 7) is -0.243. The summed E-state index contributed by atoms with van der Waals surface area (Å²) in [4.78, 5) is 55.7. The normalized spacial score (nSPS) is 19.5. The number of thiazole rings is 1. The lowest BCUT2D eigenvalue weighted by Gasteiger charge is -2.29. The molecule has 0 radical (unpaired) electrons. The van der Waals surface area contributed by atoms with E-state index in [0.29, 0.717) is 32.8 Å². The van der Waals surface area contributed by atoms with Crippen LogP contribution in [0.1, 0.15) is 16.6 Å². The number of ether oxygens (including phenoxy) is 1. The number of hydrogen-bond donors (Lipinski definition) is 1. The van der Waals surface area contributed by atoms with Gasteiger partial charge in [0.05, 0.1) is 40.8 Å². The van der Waals surface area contributed by atoms with E-state index in [-0.39, 0.29) is 29.1 Å². The Morgan fingerprint density at radius 1 is 0.952 bits per heavy atom. The highest BCUT2D eigenvalue weighted by molar-refractivity contribution is 8.00. The second-order valence-electron chi connectivity index (χ2n) is 9.97. The van der Waals surface area contributed by atoms with Gasteiger partial charge in [0.1, 0.15) is 23.3 Å². The standard InChI is InChI=1S/C31H23N3O6S2/c1-39-19-13-11-18(12-14-19)34-28(36)25-24(22-10-5-15-40-22)27-30(41-26(25)29(34)37)33(31(38)42-27)16-23(35)32-21-9-4-7-17-6-2-3-8-20(17)21/h2-15,24-26H,16H2,1H3,(H,32,35)/t24-,25?,26?/m1/s1. The van der Waals surface area contributed by atoms with Crippen molar-refractivity contribution in [2.45, 2.75) is 22.7 Å². The van der Waals surface area contributed by atoms with Crippen molar-refractivity contribution in [2.24, 2.45) is 5.92 Å². The number of aromatic nitrogens is 1. The Balaban J connectivity index is 1.24. The summed E-state index contributed by atoms with van der Waals surface area (Å²) in [5.41, 5.74) is 1.08. The highest BCUT2D eigenvalue weighted by Gasteiger charge is 2.57. The molecule has 9 nitrogen and oxygen atoms in total. The van der Waals surface area contributed by atoms with E-state index in [4.69, 9.17) is 9.15 Å². The molecule has 2 aliphatic rings. The monoisotopic (exact) mass is 597 g/mol. The molecule has 7 rings (SSSR count). The lowest BCUT2D eigenvalue weighted by Crippen LogP contribution is -2.32. The molecule has 1 N–H and O–H groups in total. The maximum atomic E-state index is 13.9. The minimum absolute atomic E-state index is 0.243. The Labute approximate surface area is 247 Å². The van der Waals surface area contributed by atoms with Gasteiger partial charge in [-0.05, 0) is 47.9 Å². The number of thioether (sulfide) groups is 1. The zero-order chi connectivity index (χ0) is 29.0. The van der Waals surface area contributed by atoms with Crippen LogP contribution < -0.4 is 19.8 Å². The van der Waals surface area contributed by atoms with Crippen LogP contribution in [0, 0.1) is 5.92 Å². The molecule has 0 aliphatic carbocycles. The van der Waals surface area contributed by atoms with Crippen LogP contribution in [0.2, 0.25) is 0 Å². The fourth-order valence-corrected chi connectivity index (χ4v) is 8.44. The fourth-order valence-electron chi connectivity index (χ4n) is 5.68. The Kier molecular flexibility index (Phi) is 6.47.